The molecule has 0 saturated heterocycles. The van der Waals surface area contributed by atoms with E-state index in [-0.39, 0.29) is 6.15 Å². The van der Waals surface area contributed by atoms with E-state index in [9.17, 15) is 4.79 Å². The number of carbonyl (C=O) groups excluding carboxylic acids is 1. The van der Waals surface area contributed by atoms with Gasteiger partial charge in [0.2, 0.25) is 0 Å². The Kier molecular flexibility index (Phi) is 12.4. The van der Waals surface area contributed by atoms with Crippen LogP contribution in [-0.4, -0.2) is 6.29 Å². The molecule has 0 aliphatic carbocycles. The molecule has 19 heavy (non-hydrogen) atoms. The Morgan fingerprint density at radius 3 is 1.53 bits per heavy atom. The minimum absolute atomic E-state index is 0. The molecular formula is C13H19Cl3CrNO-2. The Morgan fingerprint density at radius 1 is 1.00 bits per heavy atom. The van der Waals surface area contributed by atoms with Crippen LogP contribution in [0.15, 0.2) is 18.2 Å². The van der Waals surface area contributed by atoms with Gasteiger partial charge in [-0.2, -0.15) is 0 Å². The molecule has 0 radical (unpaired) electrons. The molecule has 0 unspecified atom stereocenters. The molecule has 1 rings (SSSR count). The van der Waals surface area contributed by atoms with Gasteiger partial charge in [0.1, 0.15) is 0 Å². The quantitative estimate of drug-likeness (QED) is 0.592. The monoisotopic (exact) mass is 362 g/mol. The second kappa shape index (κ2) is 11.0. The van der Waals surface area contributed by atoms with E-state index in [2.05, 4.69) is 34.0 Å². The summed E-state index contributed by atoms with van der Waals surface area (Å²) in [5, 5.41) is 0. The number of hydrogen-bond donors (Lipinski definition) is 0. The van der Waals surface area contributed by atoms with Crippen molar-refractivity contribution in [3.63, 3.8) is 0 Å². The van der Waals surface area contributed by atoms with Crippen LogP contribution in [0.4, 0.5) is 0 Å². The first-order chi connectivity index (χ1) is 8.31. The minimum Gasteiger partial charge on any atom is -0.693 e. The molecule has 0 amide bonds. The van der Waals surface area contributed by atoms with E-state index >= 15 is 0 Å². The van der Waals surface area contributed by atoms with E-state index in [4.69, 9.17) is 30.1 Å². The van der Waals surface area contributed by atoms with Gasteiger partial charge in [0.25, 0.3) is 0 Å². The van der Waals surface area contributed by atoms with Gasteiger partial charge in [-0.15, -0.1) is 28.8 Å². The standard InChI is InChI=1S/C13H17O.3ClH.Cr.H2N/c1-9(2)11-6-5-7-12(10(3)4)13(11)8-14;;;;;/h5-7,9-10H,1-4H3;3*1H;;1H2/q-1;;;;+3;-1/p-3. The molecule has 0 aliphatic heterocycles. The van der Waals surface area contributed by atoms with Crippen molar-refractivity contribution in [1.29, 1.82) is 0 Å². The maximum atomic E-state index is 10.9. The van der Waals surface area contributed by atoms with Crippen molar-refractivity contribution in [3.8, 4) is 0 Å². The van der Waals surface area contributed by atoms with E-state index in [1.807, 2.05) is 18.2 Å². The third kappa shape index (κ3) is 8.20. The van der Waals surface area contributed by atoms with Crippen LogP contribution in [0.2, 0.25) is 0 Å². The summed E-state index contributed by atoms with van der Waals surface area (Å²) in [6, 6.07) is 6.04. The Balaban J connectivity index is 0. The van der Waals surface area contributed by atoms with E-state index in [1.54, 1.807) is 0 Å². The molecule has 0 atom stereocenters. The normalized spacial score (nSPS) is 10.0. The number of rotatable bonds is 3. The van der Waals surface area contributed by atoms with Gasteiger partial charge < -0.3 is 10.9 Å². The zero-order valence-electron chi connectivity index (χ0n) is 11.4. The first kappa shape index (κ1) is 21.5. The summed E-state index contributed by atoms with van der Waals surface area (Å²) < 4.78 is 0. The summed E-state index contributed by atoms with van der Waals surface area (Å²) in [7, 11) is 14.8. The van der Waals surface area contributed by atoms with E-state index in [0.29, 0.717) is 11.8 Å². The van der Waals surface area contributed by atoms with Crippen LogP contribution in [0.3, 0.4) is 0 Å². The zero-order valence-corrected chi connectivity index (χ0v) is 15.0. The summed E-state index contributed by atoms with van der Waals surface area (Å²) in [5.41, 5.74) is 2.97. The van der Waals surface area contributed by atoms with Gasteiger partial charge in [-0.1, -0.05) is 45.6 Å². The first-order valence-corrected chi connectivity index (χ1v) is 10.8. The summed E-state index contributed by atoms with van der Waals surface area (Å²) in [4.78, 5) is 10.9. The Morgan fingerprint density at radius 2 is 1.32 bits per heavy atom. The maximum absolute atomic E-state index is 10.9. The van der Waals surface area contributed by atoms with Crippen LogP contribution in [0.1, 0.15) is 56.2 Å². The number of nitrogens with two attached hydrogens (primary N) is 1. The second-order valence-electron chi connectivity index (χ2n) is 4.40. The molecular weight excluding hydrogens is 345 g/mol. The molecule has 0 aliphatic rings. The van der Waals surface area contributed by atoms with Gasteiger partial charge in [0.15, 0.2) is 0 Å². The summed E-state index contributed by atoms with van der Waals surface area (Å²) in [6.07, 6.45) is 2.08. The van der Waals surface area contributed by atoms with Crippen molar-refractivity contribution in [2.45, 2.75) is 39.5 Å². The summed E-state index contributed by atoms with van der Waals surface area (Å²) in [5.74, 6) is 0.760. The summed E-state index contributed by atoms with van der Waals surface area (Å²) >= 11 is -1.62. The average Bonchev–Trinajstić information content (AvgIpc) is 2.26. The topological polar surface area (TPSA) is 50.6 Å². The Bertz CT molecular complexity index is 355. The van der Waals surface area contributed by atoms with E-state index in [1.165, 1.54) is 0 Å². The van der Waals surface area contributed by atoms with Crippen LogP contribution < -0.4 is 0 Å². The fourth-order valence-electron chi connectivity index (χ4n) is 1.67. The molecule has 1 aromatic rings. The minimum atomic E-state index is -1.62. The van der Waals surface area contributed by atoms with Crippen molar-refractivity contribution >= 4 is 36.4 Å². The third-order valence-corrected chi connectivity index (χ3v) is 2.47. The van der Waals surface area contributed by atoms with Gasteiger partial charge in [-0.25, -0.2) is 0 Å². The van der Waals surface area contributed by atoms with Crippen molar-refractivity contribution in [3.05, 3.63) is 41.0 Å². The molecule has 0 spiro atoms. The van der Waals surface area contributed by atoms with Crippen molar-refractivity contribution in [2.24, 2.45) is 0 Å². The fourth-order valence-corrected chi connectivity index (χ4v) is 1.67. The maximum Gasteiger partial charge on any atom is -0.693 e. The van der Waals surface area contributed by atoms with Crippen molar-refractivity contribution in [1.82, 2.24) is 0 Å². The molecule has 0 saturated carbocycles. The number of halogens is 3. The molecule has 6 heteroatoms. The first-order valence-electron chi connectivity index (χ1n) is 5.55. The second-order valence-corrected chi connectivity index (χ2v) is 10.7. The molecule has 0 aromatic heterocycles. The number of benzene rings is 1. The smallest absolute Gasteiger partial charge is 0.693 e. The third-order valence-electron chi connectivity index (χ3n) is 2.47. The SMILES string of the molecule is CC(C)c1cccc(C(C)C)c1[C-]=O.[Cl][Cr]([Cl])[Cl].[NH2-]. The predicted octanol–water partition coefficient (Wildman–Crippen LogP) is 6.17. The molecule has 2 N–H and O–H groups in total. The molecule has 111 valence electrons. The average molecular weight is 364 g/mol. The predicted molar refractivity (Wildman–Crippen MR) is 82.3 cm³/mol. The van der Waals surface area contributed by atoms with Crippen molar-refractivity contribution in [2.75, 3.05) is 0 Å². The van der Waals surface area contributed by atoms with Gasteiger partial charge in [0.05, 0.1) is 6.29 Å². The zero-order chi connectivity index (χ0) is 14.3. The van der Waals surface area contributed by atoms with Gasteiger partial charge in [0, 0.05) is 0 Å². The van der Waals surface area contributed by atoms with Crippen LogP contribution in [0.5, 0.6) is 0 Å². The van der Waals surface area contributed by atoms with E-state index < -0.39 is 11.4 Å². The van der Waals surface area contributed by atoms with Gasteiger partial charge >= 0.3 is 41.5 Å². The number of hydrogen-bond acceptors (Lipinski definition) is 1. The Hall–Kier alpha value is 0.252. The molecule has 0 heterocycles. The van der Waals surface area contributed by atoms with Gasteiger partial charge in [-0.05, 0) is 0 Å². The Labute approximate surface area is 133 Å². The summed E-state index contributed by atoms with van der Waals surface area (Å²) in [6.45, 7) is 8.39. The van der Waals surface area contributed by atoms with Crippen molar-refractivity contribution < 1.29 is 16.2 Å². The fraction of sp³-hybridized carbons (Fsp3) is 0.462. The van der Waals surface area contributed by atoms with Crippen LogP contribution in [-0.2, 0) is 16.2 Å². The largest absolute Gasteiger partial charge is 0.693 e. The molecule has 0 fully saturated rings. The molecule has 1 aromatic carbocycles. The van der Waals surface area contributed by atoms with Crippen LogP contribution in [0.25, 0.3) is 6.15 Å². The molecule has 2 nitrogen and oxygen atoms in total. The van der Waals surface area contributed by atoms with Crippen LogP contribution >= 0.6 is 30.1 Å². The van der Waals surface area contributed by atoms with Crippen LogP contribution in [0, 0.1) is 0 Å². The van der Waals surface area contributed by atoms with E-state index in [0.717, 1.165) is 16.7 Å². The van der Waals surface area contributed by atoms with Gasteiger partial charge in [-0.3, -0.25) is 0 Å². The molecule has 0 bridgehead atoms.